The number of amides is 1. The minimum Gasteiger partial charge on any atom is -0.497 e. The van der Waals surface area contributed by atoms with Crippen LogP contribution in [0.3, 0.4) is 0 Å². The molecule has 0 fully saturated rings. The van der Waals surface area contributed by atoms with E-state index in [1.54, 1.807) is 7.11 Å². The highest BCUT2D eigenvalue weighted by Gasteiger charge is 2.10. The molecule has 1 heterocycles. The number of nitrogens with zero attached hydrogens (tertiary/aromatic N) is 2. The Balaban J connectivity index is 1.39. The predicted molar refractivity (Wildman–Crippen MR) is 102 cm³/mol. The van der Waals surface area contributed by atoms with Crippen LogP contribution in [-0.2, 0) is 17.6 Å². The molecule has 0 unspecified atom stereocenters. The lowest BCUT2D eigenvalue weighted by atomic mass is 10.1. The van der Waals surface area contributed by atoms with E-state index in [1.807, 2.05) is 42.5 Å². The van der Waals surface area contributed by atoms with Gasteiger partial charge >= 0.3 is 0 Å². The smallest absolute Gasteiger partial charge is 0.247 e. The van der Waals surface area contributed by atoms with Gasteiger partial charge in [-0.1, -0.05) is 30.3 Å². The van der Waals surface area contributed by atoms with E-state index in [0.29, 0.717) is 31.2 Å². The quantitative estimate of drug-likeness (QED) is 0.588. The van der Waals surface area contributed by atoms with Gasteiger partial charge in [0.05, 0.1) is 7.11 Å². The SMILES string of the molecule is COc1ccc(-c2nnc(CCC(=O)NCCCc3ccccc3)o2)cc1. The lowest BCUT2D eigenvalue weighted by Gasteiger charge is -2.04. The minimum absolute atomic E-state index is 0.00717. The van der Waals surface area contributed by atoms with Gasteiger partial charge in [-0.05, 0) is 42.7 Å². The van der Waals surface area contributed by atoms with Crippen molar-refractivity contribution >= 4 is 5.91 Å². The number of methoxy groups -OCH3 is 1. The molecule has 2 aromatic carbocycles. The zero-order valence-electron chi connectivity index (χ0n) is 15.4. The molecule has 0 radical (unpaired) electrons. The third-order valence-corrected chi connectivity index (χ3v) is 4.18. The van der Waals surface area contributed by atoms with Crippen molar-refractivity contribution in [3.8, 4) is 17.2 Å². The number of hydrogen-bond donors (Lipinski definition) is 1. The Labute approximate surface area is 158 Å². The molecule has 0 saturated carbocycles. The highest BCUT2D eigenvalue weighted by molar-refractivity contribution is 5.75. The van der Waals surface area contributed by atoms with Gasteiger partial charge in [-0.2, -0.15) is 0 Å². The lowest BCUT2D eigenvalue weighted by Crippen LogP contribution is -2.25. The number of hydrogen-bond acceptors (Lipinski definition) is 5. The standard InChI is InChI=1S/C21H23N3O3/c1-26-18-11-9-17(10-12-18)21-24-23-20(27-21)14-13-19(25)22-15-5-8-16-6-3-2-4-7-16/h2-4,6-7,9-12H,5,8,13-15H2,1H3,(H,22,25). The van der Waals surface area contributed by atoms with E-state index in [0.717, 1.165) is 24.2 Å². The maximum atomic E-state index is 12.0. The fourth-order valence-electron chi connectivity index (χ4n) is 2.68. The van der Waals surface area contributed by atoms with E-state index in [1.165, 1.54) is 5.56 Å². The van der Waals surface area contributed by atoms with Crippen LogP contribution in [0.5, 0.6) is 5.75 Å². The Bertz CT molecular complexity index is 845. The molecule has 140 valence electrons. The van der Waals surface area contributed by atoms with Gasteiger partial charge in [-0.15, -0.1) is 10.2 Å². The van der Waals surface area contributed by atoms with Crippen molar-refractivity contribution in [2.45, 2.75) is 25.7 Å². The monoisotopic (exact) mass is 365 g/mol. The minimum atomic E-state index is -0.00717. The predicted octanol–water partition coefficient (Wildman–Crippen LogP) is 3.43. The van der Waals surface area contributed by atoms with Crippen LogP contribution in [0.2, 0.25) is 0 Å². The van der Waals surface area contributed by atoms with Crippen LogP contribution < -0.4 is 10.1 Å². The second-order valence-corrected chi connectivity index (χ2v) is 6.17. The average molecular weight is 365 g/mol. The van der Waals surface area contributed by atoms with Crippen molar-refractivity contribution in [1.82, 2.24) is 15.5 Å². The Morgan fingerprint density at radius 1 is 1.04 bits per heavy atom. The highest BCUT2D eigenvalue weighted by Crippen LogP contribution is 2.21. The van der Waals surface area contributed by atoms with Gasteiger partial charge in [0.2, 0.25) is 17.7 Å². The first-order valence-electron chi connectivity index (χ1n) is 9.02. The lowest BCUT2D eigenvalue weighted by molar-refractivity contribution is -0.121. The number of ether oxygens (including phenoxy) is 1. The van der Waals surface area contributed by atoms with Crippen LogP contribution >= 0.6 is 0 Å². The number of benzene rings is 2. The Morgan fingerprint density at radius 2 is 1.81 bits per heavy atom. The van der Waals surface area contributed by atoms with Gasteiger partial charge in [0.1, 0.15) is 5.75 Å². The maximum absolute atomic E-state index is 12.0. The zero-order valence-corrected chi connectivity index (χ0v) is 15.4. The normalized spacial score (nSPS) is 10.6. The van der Waals surface area contributed by atoms with Crippen LogP contribution in [-0.4, -0.2) is 29.8 Å². The Morgan fingerprint density at radius 3 is 2.56 bits per heavy atom. The molecule has 1 aromatic heterocycles. The number of nitrogens with one attached hydrogen (secondary N) is 1. The fourth-order valence-corrected chi connectivity index (χ4v) is 2.68. The van der Waals surface area contributed by atoms with E-state index in [4.69, 9.17) is 9.15 Å². The first-order chi connectivity index (χ1) is 13.2. The molecule has 0 bridgehead atoms. The third-order valence-electron chi connectivity index (χ3n) is 4.18. The summed E-state index contributed by atoms with van der Waals surface area (Å²) in [5.41, 5.74) is 2.10. The molecular formula is C21H23N3O3. The van der Waals surface area contributed by atoms with Crippen LogP contribution in [0.4, 0.5) is 0 Å². The average Bonchev–Trinajstić information content (AvgIpc) is 3.19. The molecule has 27 heavy (non-hydrogen) atoms. The van der Waals surface area contributed by atoms with Gasteiger partial charge < -0.3 is 14.5 Å². The summed E-state index contributed by atoms with van der Waals surface area (Å²) in [5.74, 6) is 1.66. The molecule has 0 aliphatic rings. The summed E-state index contributed by atoms with van der Waals surface area (Å²) in [4.78, 5) is 12.0. The first kappa shape index (κ1) is 18.6. The van der Waals surface area contributed by atoms with E-state index in [2.05, 4.69) is 27.6 Å². The van der Waals surface area contributed by atoms with Crippen molar-refractivity contribution < 1.29 is 13.9 Å². The zero-order chi connectivity index (χ0) is 18.9. The summed E-state index contributed by atoms with van der Waals surface area (Å²) in [6, 6.07) is 17.6. The van der Waals surface area contributed by atoms with Gasteiger partial charge in [0.25, 0.3) is 0 Å². The van der Waals surface area contributed by atoms with Gasteiger partial charge in [0.15, 0.2) is 0 Å². The second-order valence-electron chi connectivity index (χ2n) is 6.17. The van der Waals surface area contributed by atoms with Gasteiger partial charge in [0, 0.05) is 24.9 Å². The van der Waals surface area contributed by atoms with Crippen molar-refractivity contribution in [3.63, 3.8) is 0 Å². The van der Waals surface area contributed by atoms with E-state index < -0.39 is 0 Å². The number of carbonyl (C=O) groups is 1. The molecule has 6 nitrogen and oxygen atoms in total. The first-order valence-corrected chi connectivity index (χ1v) is 9.02. The number of rotatable bonds is 9. The summed E-state index contributed by atoms with van der Waals surface area (Å²) in [6.07, 6.45) is 2.62. The molecule has 6 heteroatoms. The van der Waals surface area contributed by atoms with E-state index >= 15 is 0 Å². The molecule has 0 aliphatic carbocycles. The second kappa shape index (κ2) is 9.52. The molecule has 1 N–H and O–H groups in total. The summed E-state index contributed by atoms with van der Waals surface area (Å²) in [6.45, 7) is 0.661. The van der Waals surface area contributed by atoms with E-state index in [-0.39, 0.29) is 5.91 Å². The molecule has 1 amide bonds. The van der Waals surface area contributed by atoms with Gasteiger partial charge in [-0.3, -0.25) is 4.79 Å². The third kappa shape index (κ3) is 5.67. The van der Waals surface area contributed by atoms with Crippen LogP contribution in [0, 0.1) is 0 Å². The summed E-state index contributed by atoms with van der Waals surface area (Å²) in [7, 11) is 1.62. The van der Waals surface area contributed by atoms with Gasteiger partial charge in [-0.25, -0.2) is 0 Å². The van der Waals surface area contributed by atoms with Crippen LogP contribution in [0.15, 0.2) is 59.0 Å². The largest absolute Gasteiger partial charge is 0.497 e. The molecule has 3 rings (SSSR count). The number of aryl methyl sites for hydroxylation is 2. The highest BCUT2D eigenvalue weighted by atomic mass is 16.5. The summed E-state index contributed by atoms with van der Waals surface area (Å²) in [5, 5.41) is 11.0. The molecule has 0 atom stereocenters. The topological polar surface area (TPSA) is 77.2 Å². The maximum Gasteiger partial charge on any atom is 0.247 e. The molecule has 0 saturated heterocycles. The summed E-state index contributed by atoms with van der Waals surface area (Å²) < 4.78 is 10.8. The summed E-state index contributed by atoms with van der Waals surface area (Å²) >= 11 is 0. The van der Waals surface area contributed by atoms with Crippen molar-refractivity contribution in [1.29, 1.82) is 0 Å². The number of aromatic nitrogens is 2. The van der Waals surface area contributed by atoms with Crippen LogP contribution in [0.25, 0.3) is 11.5 Å². The van der Waals surface area contributed by atoms with Crippen molar-refractivity contribution in [3.05, 3.63) is 66.1 Å². The van der Waals surface area contributed by atoms with E-state index in [9.17, 15) is 4.79 Å². The molecule has 0 spiro atoms. The van der Waals surface area contributed by atoms with Crippen LogP contribution in [0.1, 0.15) is 24.3 Å². The Hall–Kier alpha value is -3.15. The van der Waals surface area contributed by atoms with Crippen molar-refractivity contribution in [2.75, 3.05) is 13.7 Å². The molecular weight excluding hydrogens is 342 g/mol. The molecule has 0 aliphatic heterocycles. The fraction of sp³-hybridized carbons (Fsp3) is 0.286. The van der Waals surface area contributed by atoms with Crippen molar-refractivity contribution in [2.24, 2.45) is 0 Å². The molecule has 3 aromatic rings. The number of carbonyl (C=O) groups excluding carboxylic acids is 1. The Kier molecular flexibility index (Phi) is 6.57.